The van der Waals surface area contributed by atoms with Crippen LogP contribution in [0.4, 0.5) is 29.3 Å². The first-order valence-corrected chi connectivity index (χ1v) is 8.36. The molecule has 10 heteroatoms. The van der Waals surface area contributed by atoms with Gasteiger partial charge in [-0.3, -0.25) is 14.9 Å². The van der Waals surface area contributed by atoms with Crippen LogP contribution < -0.4 is 10.6 Å². The van der Waals surface area contributed by atoms with Crippen molar-refractivity contribution in [2.45, 2.75) is 37.5 Å². The van der Waals surface area contributed by atoms with Crippen LogP contribution in [0, 0.1) is 17.8 Å². The molecule has 0 spiro atoms. The van der Waals surface area contributed by atoms with Crippen molar-refractivity contribution in [3.8, 4) is 11.8 Å². The number of fused-ring (bicyclic) bond motifs is 1. The molecule has 2 amide bonds. The number of carboxylic acid groups (broad SMARTS) is 1. The minimum atomic E-state index is -5.02. The van der Waals surface area contributed by atoms with Crippen LogP contribution in [0.1, 0.15) is 31.2 Å². The predicted octanol–water partition coefficient (Wildman–Crippen LogP) is 3.22. The molecule has 0 bridgehead atoms. The van der Waals surface area contributed by atoms with E-state index in [2.05, 4.69) is 27.2 Å². The van der Waals surface area contributed by atoms with E-state index in [1.807, 2.05) is 0 Å². The molecule has 1 fully saturated rings. The van der Waals surface area contributed by atoms with Gasteiger partial charge in [0, 0.05) is 23.6 Å². The molecule has 28 heavy (non-hydrogen) atoms. The summed E-state index contributed by atoms with van der Waals surface area (Å²) in [6.45, 7) is 0. The summed E-state index contributed by atoms with van der Waals surface area (Å²) in [6.07, 6.45) is -5.71. The van der Waals surface area contributed by atoms with E-state index in [9.17, 15) is 27.6 Å². The first kappa shape index (κ1) is 19.5. The standard InChI is InChI=1S/C18H15F3N2O5/c19-18(20,21)17(8-7-10-1-2-10)12-9-11(22-14(24)5-6-15(25)26)3-4-13(12)23-16(27)28-17/h3-4,9-10H,1-2,5-6H2,(H,22,24)(H,23,27)(H,25,26). The number of ether oxygens (including phenoxy) is 1. The number of amides is 2. The average molecular weight is 396 g/mol. The second-order valence-corrected chi connectivity index (χ2v) is 6.44. The van der Waals surface area contributed by atoms with Crippen LogP contribution in [0.25, 0.3) is 0 Å². The number of nitrogens with one attached hydrogen (secondary N) is 2. The zero-order valence-corrected chi connectivity index (χ0v) is 14.4. The summed E-state index contributed by atoms with van der Waals surface area (Å²) in [7, 11) is 0. The van der Waals surface area contributed by atoms with Gasteiger partial charge in [-0.25, -0.2) is 4.79 Å². The fraction of sp³-hybridized carbons (Fsp3) is 0.389. The number of aliphatic carboxylic acids is 1. The molecule has 1 unspecified atom stereocenters. The van der Waals surface area contributed by atoms with Gasteiger partial charge < -0.3 is 15.2 Å². The van der Waals surface area contributed by atoms with Gasteiger partial charge in [0.05, 0.1) is 12.1 Å². The van der Waals surface area contributed by atoms with E-state index in [0.717, 1.165) is 6.07 Å². The van der Waals surface area contributed by atoms with Crippen molar-refractivity contribution >= 4 is 29.3 Å². The summed E-state index contributed by atoms with van der Waals surface area (Å²) in [5.41, 5.74) is -3.75. The molecule has 7 nitrogen and oxygen atoms in total. The molecule has 1 aromatic carbocycles. The molecule has 1 aliphatic heterocycles. The molecule has 1 aromatic rings. The highest BCUT2D eigenvalue weighted by Crippen LogP contribution is 2.48. The highest BCUT2D eigenvalue weighted by Gasteiger charge is 2.62. The van der Waals surface area contributed by atoms with Crippen molar-refractivity contribution in [3.63, 3.8) is 0 Å². The molecule has 1 aliphatic carbocycles. The molecule has 1 heterocycles. The number of carbonyl (C=O) groups excluding carboxylic acids is 2. The lowest BCUT2D eigenvalue weighted by Gasteiger charge is -2.36. The summed E-state index contributed by atoms with van der Waals surface area (Å²) in [6, 6.07) is 3.50. The summed E-state index contributed by atoms with van der Waals surface area (Å²) >= 11 is 0. The van der Waals surface area contributed by atoms with Crippen LogP contribution in [0.5, 0.6) is 0 Å². The highest BCUT2D eigenvalue weighted by molar-refractivity contribution is 5.94. The van der Waals surface area contributed by atoms with Gasteiger partial charge in [0.25, 0.3) is 5.60 Å². The summed E-state index contributed by atoms with van der Waals surface area (Å²) in [5, 5.41) is 13.1. The number of rotatable bonds is 4. The number of cyclic esters (lactones) is 1. The third-order valence-electron chi connectivity index (χ3n) is 4.16. The topological polar surface area (TPSA) is 105 Å². The zero-order chi connectivity index (χ0) is 20.5. The van der Waals surface area contributed by atoms with Crippen LogP contribution in [-0.2, 0) is 19.9 Å². The Labute approximate surface area is 157 Å². The Hall–Kier alpha value is -3.22. The van der Waals surface area contributed by atoms with E-state index in [1.54, 1.807) is 0 Å². The van der Waals surface area contributed by atoms with Crippen molar-refractivity contribution in [3.05, 3.63) is 23.8 Å². The van der Waals surface area contributed by atoms with E-state index < -0.39 is 41.7 Å². The molecule has 2 aliphatic rings. The predicted molar refractivity (Wildman–Crippen MR) is 90.3 cm³/mol. The molecule has 0 saturated heterocycles. The van der Waals surface area contributed by atoms with Gasteiger partial charge >= 0.3 is 18.2 Å². The lowest BCUT2D eigenvalue weighted by Crippen LogP contribution is -2.49. The van der Waals surface area contributed by atoms with Crippen molar-refractivity contribution in [2.75, 3.05) is 10.6 Å². The number of carbonyl (C=O) groups is 3. The number of benzene rings is 1. The van der Waals surface area contributed by atoms with Gasteiger partial charge in [0.1, 0.15) is 0 Å². The number of alkyl halides is 3. The quantitative estimate of drug-likeness (QED) is 0.678. The molecule has 0 aromatic heterocycles. The minimum absolute atomic E-state index is 0.00395. The fourth-order valence-corrected chi connectivity index (χ4v) is 2.60. The molecule has 1 atom stereocenters. The molecule has 3 rings (SSSR count). The Morgan fingerprint density at radius 2 is 2.04 bits per heavy atom. The Bertz CT molecular complexity index is 899. The number of carboxylic acids is 1. The van der Waals surface area contributed by atoms with Crippen molar-refractivity contribution < 1.29 is 37.4 Å². The summed E-state index contributed by atoms with van der Waals surface area (Å²) in [4.78, 5) is 34.1. The van der Waals surface area contributed by atoms with Gasteiger partial charge in [0.15, 0.2) is 0 Å². The van der Waals surface area contributed by atoms with Gasteiger partial charge in [-0.2, -0.15) is 13.2 Å². The molecule has 1 saturated carbocycles. The minimum Gasteiger partial charge on any atom is -0.481 e. The van der Waals surface area contributed by atoms with Crippen molar-refractivity contribution in [1.29, 1.82) is 0 Å². The number of halogens is 3. The lowest BCUT2D eigenvalue weighted by atomic mass is 9.89. The average Bonchev–Trinajstić information content (AvgIpc) is 3.41. The summed E-state index contributed by atoms with van der Waals surface area (Å²) < 4.78 is 46.5. The molecule has 3 N–H and O–H groups in total. The maximum absolute atomic E-state index is 14.0. The molecular formula is C18H15F3N2O5. The second kappa shape index (κ2) is 7.07. The van der Waals surface area contributed by atoms with Crippen molar-refractivity contribution in [1.82, 2.24) is 0 Å². The Balaban J connectivity index is 1.99. The second-order valence-electron chi connectivity index (χ2n) is 6.44. The third-order valence-corrected chi connectivity index (χ3v) is 4.16. The van der Waals surface area contributed by atoms with Crippen LogP contribution in [0.2, 0.25) is 0 Å². The SMILES string of the molecule is O=C(O)CCC(=O)Nc1ccc2c(c1)C(C#CC1CC1)(C(F)(F)F)OC(=O)N2. The Morgan fingerprint density at radius 1 is 1.32 bits per heavy atom. The van der Waals surface area contributed by atoms with E-state index in [0.29, 0.717) is 12.8 Å². The highest BCUT2D eigenvalue weighted by atomic mass is 19.4. The van der Waals surface area contributed by atoms with Gasteiger partial charge in [-0.05, 0) is 37.0 Å². The van der Waals surface area contributed by atoms with E-state index in [4.69, 9.17) is 5.11 Å². The first-order valence-electron chi connectivity index (χ1n) is 8.36. The van der Waals surface area contributed by atoms with Crippen LogP contribution in [0.3, 0.4) is 0 Å². The van der Waals surface area contributed by atoms with Gasteiger partial charge in [-0.1, -0.05) is 5.92 Å². The monoisotopic (exact) mass is 396 g/mol. The largest absolute Gasteiger partial charge is 0.481 e. The number of anilines is 2. The molecule has 0 radical (unpaired) electrons. The number of hydrogen-bond acceptors (Lipinski definition) is 4. The van der Waals surface area contributed by atoms with Crippen LogP contribution in [0.15, 0.2) is 18.2 Å². The summed E-state index contributed by atoms with van der Waals surface area (Å²) in [5.74, 6) is 2.57. The van der Waals surface area contributed by atoms with Crippen LogP contribution >= 0.6 is 0 Å². The smallest absolute Gasteiger partial charge is 0.445 e. The number of hydrogen-bond donors (Lipinski definition) is 3. The van der Waals surface area contributed by atoms with E-state index >= 15 is 0 Å². The fourth-order valence-electron chi connectivity index (χ4n) is 2.60. The van der Waals surface area contributed by atoms with Gasteiger partial charge in [-0.15, -0.1) is 0 Å². The Morgan fingerprint density at radius 3 is 2.64 bits per heavy atom. The Kier molecular flexibility index (Phi) is 4.93. The zero-order valence-electron chi connectivity index (χ0n) is 14.4. The molecule has 148 valence electrons. The maximum Gasteiger partial charge on any atom is 0.445 e. The maximum atomic E-state index is 14.0. The van der Waals surface area contributed by atoms with E-state index in [-0.39, 0.29) is 23.7 Å². The van der Waals surface area contributed by atoms with Crippen LogP contribution in [-0.4, -0.2) is 29.3 Å². The van der Waals surface area contributed by atoms with E-state index in [1.165, 1.54) is 12.1 Å². The molecular weight excluding hydrogens is 381 g/mol. The normalized spacial score (nSPS) is 20.8. The van der Waals surface area contributed by atoms with Crippen molar-refractivity contribution in [2.24, 2.45) is 5.92 Å². The van der Waals surface area contributed by atoms with Gasteiger partial charge in [0.2, 0.25) is 5.91 Å². The third kappa shape index (κ3) is 4.03. The lowest BCUT2D eigenvalue weighted by molar-refractivity contribution is -0.239. The first-order chi connectivity index (χ1) is 13.1.